The van der Waals surface area contributed by atoms with Gasteiger partial charge in [-0.25, -0.2) is 4.79 Å². The molecule has 0 amide bonds. The zero-order chi connectivity index (χ0) is 27.0. The zero-order valence-corrected chi connectivity index (χ0v) is 22.4. The molecule has 5 rings (SSSR count). The quantitative estimate of drug-likeness (QED) is 0.209. The normalized spacial score (nSPS) is 14.4. The van der Waals surface area contributed by atoms with E-state index in [-0.39, 0.29) is 23.0 Å². The molecule has 3 aromatic carbocycles. The molecule has 4 aromatic rings. The maximum atomic E-state index is 13.0. The van der Waals surface area contributed by atoms with Crippen LogP contribution in [-0.2, 0) is 0 Å². The summed E-state index contributed by atoms with van der Waals surface area (Å²) in [4.78, 5) is 13.0. The standard InChI is InChI=1S/C29H23BrN2O6/c1-4-35-22-10-5-16(11-25(22)34-3)26-20-9-7-18(13-24(20)38-28(32)21(26)14-31)36-29(33)27-15(2)19-8-6-17(30)12-23(19)37-27/h5-13,26H,4,32H2,1-3H3. The predicted molar refractivity (Wildman–Crippen MR) is 144 cm³/mol. The molecule has 0 bridgehead atoms. The number of nitriles is 1. The molecule has 38 heavy (non-hydrogen) atoms. The highest BCUT2D eigenvalue weighted by molar-refractivity contribution is 9.10. The van der Waals surface area contributed by atoms with Crippen LogP contribution in [0, 0.1) is 18.3 Å². The molecule has 1 aliphatic heterocycles. The summed E-state index contributed by atoms with van der Waals surface area (Å²) < 4.78 is 29.2. The number of fused-ring (bicyclic) bond motifs is 2. The number of rotatable bonds is 6. The van der Waals surface area contributed by atoms with E-state index in [1.807, 2.05) is 31.2 Å². The fraction of sp³-hybridized carbons (Fsp3) is 0.172. The number of esters is 1. The van der Waals surface area contributed by atoms with Crippen molar-refractivity contribution in [1.82, 2.24) is 0 Å². The van der Waals surface area contributed by atoms with Gasteiger partial charge in [0.1, 0.15) is 28.7 Å². The van der Waals surface area contributed by atoms with E-state index in [0.717, 1.165) is 15.4 Å². The van der Waals surface area contributed by atoms with Gasteiger partial charge in [0.05, 0.1) is 19.6 Å². The Hall–Kier alpha value is -4.42. The van der Waals surface area contributed by atoms with E-state index < -0.39 is 11.9 Å². The number of methoxy groups -OCH3 is 1. The third-order valence-electron chi connectivity index (χ3n) is 6.31. The van der Waals surface area contributed by atoms with E-state index in [1.165, 1.54) is 0 Å². The first-order valence-corrected chi connectivity index (χ1v) is 12.6. The summed E-state index contributed by atoms with van der Waals surface area (Å²) in [6, 6.07) is 18.1. The molecule has 0 spiro atoms. The van der Waals surface area contributed by atoms with Crippen molar-refractivity contribution in [2.24, 2.45) is 5.73 Å². The summed E-state index contributed by atoms with van der Waals surface area (Å²) in [5, 5.41) is 10.7. The summed E-state index contributed by atoms with van der Waals surface area (Å²) in [5.74, 6) is 0.668. The summed E-state index contributed by atoms with van der Waals surface area (Å²) >= 11 is 3.41. The number of nitrogens with zero attached hydrogens (tertiary/aromatic N) is 1. The number of aryl methyl sites for hydroxylation is 1. The number of nitrogens with two attached hydrogens (primary N) is 1. The second kappa shape index (κ2) is 10.1. The Morgan fingerprint density at radius 3 is 2.68 bits per heavy atom. The van der Waals surface area contributed by atoms with Crippen LogP contribution in [0.25, 0.3) is 11.0 Å². The molecule has 0 fully saturated rings. The minimum Gasteiger partial charge on any atom is -0.493 e. The maximum Gasteiger partial charge on any atom is 0.379 e. The fourth-order valence-corrected chi connectivity index (χ4v) is 4.87. The maximum absolute atomic E-state index is 13.0. The molecular formula is C29H23BrN2O6. The van der Waals surface area contributed by atoms with Gasteiger partial charge in [-0.3, -0.25) is 0 Å². The minimum atomic E-state index is -0.639. The number of hydrogen-bond acceptors (Lipinski definition) is 8. The molecule has 0 saturated heterocycles. The molecule has 192 valence electrons. The van der Waals surface area contributed by atoms with Gasteiger partial charge < -0.3 is 29.1 Å². The molecule has 1 aliphatic rings. The van der Waals surface area contributed by atoms with Crippen molar-refractivity contribution in [3.05, 3.63) is 93.0 Å². The highest BCUT2D eigenvalue weighted by atomic mass is 79.9. The van der Waals surface area contributed by atoms with Crippen LogP contribution in [0.1, 0.15) is 40.1 Å². The molecule has 1 aromatic heterocycles. The smallest absolute Gasteiger partial charge is 0.379 e. The van der Waals surface area contributed by atoms with Crippen LogP contribution in [0.5, 0.6) is 23.0 Å². The first kappa shape index (κ1) is 25.2. The summed E-state index contributed by atoms with van der Waals surface area (Å²) in [6.45, 7) is 4.17. The van der Waals surface area contributed by atoms with Crippen molar-refractivity contribution in [3.8, 4) is 29.1 Å². The molecule has 2 heterocycles. The van der Waals surface area contributed by atoms with Crippen LogP contribution in [-0.4, -0.2) is 19.7 Å². The van der Waals surface area contributed by atoms with Crippen LogP contribution >= 0.6 is 15.9 Å². The number of ether oxygens (including phenoxy) is 4. The number of carbonyl (C=O) groups excluding carboxylic acids is 1. The lowest BCUT2D eigenvalue weighted by Crippen LogP contribution is -2.21. The Labute approximate surface area is 227 Å². The fourth-order valence-electron chi connectivity index (χ4n) is 4.53. The molecule has 9 heteroatoms. The topological polar surface area (TPSA) is 117 Å². The summed E-state index contributed by atoms with van der Waals surface area (Å²) in [5.41, 5.74) is 9.12. The van der Waals surface area contributed by atoms with Crippen LogP contribution in [0.2, 0.25) is 0 Å². The third kappa shape index (κ3) is 4.44. The zero-order valence-electron chi connectivity index (χ0n) is 20.8. The van der Waals surface area contributed by atoms with Crippen molar-refractivity contribution in [2.45, 2.75) is 19.8 Å². The van der Waals surface area contributed by atoms with Gasteiger partial charge in [-0.05, 0) is 55.8 Å². The lowest BCUT2D eigenvalue weighted by Gasteiger charge is -2.27. The number of benzene rings is 3. The molecular weight excluding hydrogens is 552 g/mol. The van der Waals surface area contributed by atoms with Crippen molar-refractivity contribution in [2.75, 3.05) is 13.7 Å². The molecule has 0 saturated carbocycles. The SMILES string of the molecule is CCOc1ccc(C2C(C#N)=C(N)Oc3cc(OC(=O)c4oc5cc(Br)ccc5c4C)ccc32)cc1OC. The van der Waals surface area contributed by atoms with Gasteiger partial charge in [0.2, 0.25) is 11.6 Å². The van der Waals surface area contributed by atoms with Crippen LogP contribution in [0.4, 0.5) is 0 Å². The van der Waals surface area contributed by atoms with E-state index in [4.69, 9.17) is 29.1 Å². The largest absolute Gasteiger partial charge is 0.493 e. The molecule has 0 aliphatic carbocycles. The predicted octanol–water partition coefficient (Wildman–Crippen LogP) is 6.35. The van der Waals surface area contributed by atoms with E-state index in [2.05, 4.69) is 22.0 Å². The van der Waals surface area contributed by atoms with E-state index >= 15 is 0 Å². The number of carbonyl (C=O) groups is 1. The lowest BCUT2D eigenvalue weighted by atomic mass is 9.83. The van der Waals surface area contributed by atoms with E-state index in [9.17, 15) is 10.1 Å². The van der Waals surface area contributed by atoms with Gasteiger partial charge in [-0.2, -0.15) is 5.26 Å². The van der Waals surface area contributed by atoms with Gasteiger partial charge in [0.15, 0.2) is 11.5 Å². The van der Waals surface area contributed by atoms with Gasteiger partial charge in [0.25, 0.3) is 0 Å². The molecule has 2 N–H and O–H groups in total. The van der Waals surface area contributed by atoms with Crippen LogP contribution in [0.3, 0.4) is 0 Å². The first-order chi connectivity index (χ1) is 18.3. The van der Waals surface area contributed by atoms with Gasteiger partial charge in [0, 0.05) is 27.1 Å². The van der Waals surface area contributed by atoms with Gasteiger partial charge in [-0.1, -0.05) is 28.1 Å². The van der Waals surface area contributed by atoms with Crippen LogP contribution in [0.15, 0.2) is 74.9 Å². The number of hydrogen-bond donors (Lipinski definition) is 1. The average molecular weight is 575 g/mol. The van der Waals surface area contributed by atoms with Crippen molar-refractivity contribution in [3.63, 3.8) is 0 Å². The molecule has 0 radical (unpaired) electrons. The summed E-state index contributed by atoms with van der Waals surface area (Å²) in [6.07, 6.45) is 0. The summed E-state index contributed by atoms with van der Waals surface area (Å²) in [7, 11) is 1.55. The monoisotopic (exact) mass is 574 g/mol. The van der Waals surface area contributed by atoms with E-state index in [1.54, 1.807) is 44.4 Å². The van der Waals surface area contributed by atoms with Crippen molar-refractivity contribution >= 4 is 32.9 Å². The molecule has 1 unspecified atom stereocenters. The Kier molecular flexibility index (Phi) is 6.74. The second-order valence-corrected chi connectivity index (χ2v) is 9.47. The second-order valence-electron chi connectivity index (χ2n) is 8.55. The third-order valence-corrected chi connectivity index (χ3v) is 6.80. The highest BCUT2D eigenvalue weighted by Gasteiger charge is 2.32. The number of halogens is 1. The van der Waals surface area contributed by atoms with Crippen molar-refractivity contribution < 1.29 is 28.2 Å². The number of furan rings is 1. The molecule has 8 nitrogen and oxygen atoms in total. The Balaban J connectivity index is 1.49. The van der Waals surface area contributed by atoms with Crippen LogP contribution < -0.4 is 24.7 Å². The Bertz CT molecular complexity index is 1650. The minimum absolute atomic E-state index is 0.0277. The lowest BCUT2D eigenvalue weighted by molar-refractivity contribution is 0.0702. The average Bonchev–Trinajstić information content (AvgIpc) is 3.23. The van der Waals surface area contributed by atoms with Crippen molar-refractivity contribution in [1.29, 1.82) is 5.26 Å². The van der Waals surface area contributed by atoms with Gasteiger partial charge in [-0.15, -0.1) is 0 Å². The number of allylic oxidation sites excluding steroid dienone is 1. The first-order valence-electron chi connectivity index (χ1n) is 11.8. The Morgan fingerprint density at radius 1 is 1.13 bits per heavy atom. The van der Waals surface area contributed by atoms with E-state index in [0.29, 0.717) is 40.6 Å². The Morgan fingerprint density at radius 2 is 1.95 bits per heavy atom. The molecule has 1 atom stereocenters. The van der Waals surface area contributed by atoms with Gasteiger partial charge >= 0.3 is 5.97 Å². The highest BCUT2D eigenvalue weighted by Crippen LogP contribution is 2.45.